The van der Waals surface area contributed by atoms with Crippen LogP contribution < -0.4 is 20.7 Å². The van der Waals surface area contributed by atoms with Crippen LogP contribution in [0.5, 0.6) is 5.75 Å². The fourth-order valence-electron chi connectivity index (χ4n) is 2.48. The molecule has 7 heteroatoms. The van der Waals surface area contributed by atoms with Crippen molar-refractivity contribution in [1.29, 1.82) is 0 Å². The molecule has 2 aromatic carbocycles. The van der Waals surface area contributed by atoms with E-state index in [1.54, 1.807) is 31.4 Å². The first-order valence-electron chi connectivity index (χ1n) is 9.07. The third kappa shape index (κ3) is 5.57. The van der Waals surface area contributed by atoms with E-state index in [-0.39, 0.29) is 29.7 Å². The van der Waals surface area contributed by atoms with Crippen LogP contribution in [-0.2, 0) is 16.1 Å². The van der Waals surface area contributed by atoms with E-state index >= 15 is 0 Å². The van der Waals surface area contributed by atoms with Crippen molar-refractivity contribution in [3.05, 3.63) is 59.7 Å². The average molecular weight is 383 g/mol. The summed E-state index contributed by atoms with van der Waals surface area (Å²) in [6, 6.07) is 13.8. The number of nitrogens with one attached hydrogen (secondary N) is 3. The van der Waals surface area contributed by atoms with Crippen LogP contribution in [0.15, 0.2) is 48.5 Å². The molecule has 0 aliphatic carbocycles. The minimum atomic E-state index is -0.815. The Kier molecular flexibility index (Phi) is 7.56. The molecule has 0 aliphatic heterocycles. The minimum absolute atomic E-state index is 0.113. The number of anilines is 1. The van der Waals surface area contributed by atoms with Gasteiger partial charge in [0.25, 0.3) is 5.91 Å². The number of benzene rings is 2. The van der Waals surface area contributed by atoms with E-state index in [9.17, 15) is 14.4 Å². The van der Waals surface area contributed by atoms with Crippen molar-refractivity contribution in [3.63, 3.8) is 0 Å². The Morgan fingerprint density at radius 3 is 2.39 bits per heavy atom. The first-order valence-corrected chi connectivity index (χ1v) is 9.07. The van der Waals surface area contributed by atoms with Crippen molar-refractivity contribution in [2.75, 3.05) is 12.4 Å². The lowest BCUT2D eigenvalue weighted by molar-refractivity contribution is -0.136. The molecule has 0 heterocycles. The molecule has 7 nitrogen and oxygen atoms in total. The molecule has 0 aromatic heterocycles. The van der Waals surface area contributed by atoms with Crippen LogP contribution in [0.1, 0.15) is 36.2 Å². The van der Waals surface area contributed by atoms with Crippen molar-refractivity contribution in [1.82, 2.24) is 10.6 Å². The maximum absolute atomic E-state index is 12.6. The third-order valence-corrected chi connectivity index (χ3v) is 4.25. The van der Waals surface area contributed by atoms with Crippen molar-refractivity contribution >= 4 is 23.4 Å². The first kappa shape index (κ1) is 21.0. The molecule has 28 heavy (non-hydrogen) atoms. The van der Waals surface area contributed by atoms with Gasteiger partial charge in [-0.25, -0.2) is 0 Å². The predicted octanol–water partition coefficient (Wildman–Crippen LogP) is 2.48. The number of methoxy groups -OCH3 is 1. The molecule has 3 N–H and O–H groups in total. The van der Waals surface area contributed by atoms with Crippen LogP contribution in [0.4, 0.5) is 5.69 Å². The molecule has 0 aliphatic rings. The van der Waals surface area contributed by atoms with E-state index in [0.717, 1.165) is 5.56 Å². The number of ether oxygens (including phenoxy) is 1. The quantitative estimate of drug-likeness (QED) is 0.640. The summed E-state index contributed by atoms with van der Waals surface area (Å²) in [6.45, 7) is 3.98. The molecular weight excluding hydrogens is 358 g/mol. The minimum Gasteiger partial charge on any atom is -0.496 e. The zero-order chi connectivity index (χ0) is 20.5. The Hall–Kier alpha value is -3.35. The summed E-state index contributed by atoms with van der Waals surface area (Å²) in [4.78, 5) is 36.7. The van der Waals surface area contributed by atoms with Crippen LogP contribution in [0.2, 0.25) is 0 Å². The molecule has 148 valence electrons. The molecule has 0 radical (unpaired) electrons. The fourth-order valence-corrected chi connectivity index (χ4v) is 2.48. The monoisotopic (exact) mass is 383 g/mol. The average Bonchev–Trinajstić information content (AvgIpc) is 2.72. The van der Waals surface area contributed by atoms with E-state index in [1.165, 1.54) is 0 Å². The molecule has 2 rings (SSSR count). The number of carbonyl (C=O) groups excluding carboxylic acids is 3. The van der Waals surface area contributed by atoms with E-state index in [4.69, 9.17) is 4.74 Å². The fraction of sp³-hybridized carbons (Fsp3) is 0.286. The lowest BCUT2D eigenvalue weighted by Gasteiger charge is -2.14. The molecule has 1 atom stereocenters. The van der Waals surface area contributed by atoms with Gasteiger partial charge in [-0.2, -0.15) is 0 Å². The zero-order valence-electron chi connectivity index (χ0n) is 16.2. The van der Waals surface area contributed by atoms with Gasteiger partial charge < -0.3 is 20.7 Å². The van der Waals surface area contributed by atoms with E-state index in [0.29, 0.717) is 12.2 Å². The highest BCUT2D eigenvalue weighted by Gasteiger charge is 2.19. The van der Waals surface area contributed by atoms with Gasteiger partial charge in [-0.05, 0) is 31.5 Å². The van der Waals surface area contributed by atoms with Crippen LogP contribution in [0, 0.1) is 0 Å². The van der Waals surface area contributed by atoms with Crippen LogP contribution in [0.3, 0.4) is 0 Å². The van der Waals surface area contributed by atoms with Gasteiger partial charge in [0, 0.05) is 18.2 Å². The maximum atomic E-state index is 12.6. The van der Waals surface area contributed by atoms with Gasteiger partial charge in [0.05, 0.1) is 18.4 Å². The maximum Gasteiger partial charge on any atom is 0.313 e. The van der Waals surface area contributed by atoms with E-state index in [1.807, 2.05) is 38.1 Å². The summed E-state index contributed by atoms with van der Waals surface area (Å²) in [5.74, 6) is -1.25. The Morgan fingerprint density at radius 1 is 1.00 bits per heavy atom. The molecule has 0 saturated heterocycles. The Balaban J connectivity index is 2.07. The standard InChI is InChI=1S/C21H25N3O4/c1-4-14(2)23-20(26)21(27)24-17-11-7-6-10-16(17)19(25)22-13-15-9-5-8-12-18(15)28-3/h5-12,14H,4,13H2,1-3H3,(H,22,25)(H,23,26)(H,24,27)/t14-/m0/s1. The lowest BCUT2D eigenvalue weighted by Crippen LogP contribution is -2.40. The Labute approximate surface area is 164 Å². The summed E-state index contributed by atoms with van der Waals surface area (Å²) in [5.41, 5.74) is 1.36. The molecule has 0 fully saturated rings. The second-order valence-corrected chi connectivity index (χ2v) is 6.28. The lowest BCUT2D eigenvalue weighted by atomic mass is 10.1. The summed E-state index contributed by atoms with van der Waals surface area (Å²) in [5, 5.41) is 7.90. The van der Waals surface area contributed by atoms with Crippen molar-refractivity contribution in [3.8, 4) is 5.75 Å². The second-order valence-electron chi connectivity index (χ2n) is 6.28. The normalized spacial score (nSPS) is 11.2. The van der Waals surface area contributed by atoms with Gasteiger partial charge >= 0.3 is 11.8 Å². The molecule has 0 bridgehead atoms. The van der Waals surface area contributed by atoms with E-state index < -0.39 is 11.8 Å². The molecule has 2 aromatic rings. The number of carbonyl (C=O) groups is 3. The summed E-state index contributed by atoms with van der Waals surface area (Å²) >= 11 is 0. The largest absolute Gasteiger partial charge is 0.496 e. The highest BCUT2D eigenvalue weighted by atomic mass is 16.5. The van der Waals surface area contributed by atoms with Gasteiger partial charge in [0.15, 0.2) is 0 Å². The second kappa shape index (κ2) is 10.1. The SMILES string of the molecule is CC[C@H](C)NC(=O)C(=O)Nc1ccccc1C(=O)NCc1ccccc1OC. The number of hydrogen-bond acceptors (Lipinski definition) is 4. The van der Waals surface area contributed by atoms with Crippen LogP contribution in [-0.4, -0.2) is 30.9 Å². The van der Waals surface area contributed by atoms with Gasteiger partial charge in [-0.15, -0.1) is 0 Å². The Bertz CT molecular complexity index is 851. The van der Waals surface area contributed by atoms with Gasteiger partial charge in [-0.3, -0.25) is 14.4 Å². The highest BCUT2D eigenvalue weighted by molar-refractivity contribution is 6.40. The first-order chi connectivity index (χ1) is 13.5. The van der Waals surface area contributed by atoms with Crippen LogP contribution >= 0.6 is 0 Å². The number of amides is 3. The third-order valence-electron chi connectivity index (χ3n) is 4.25. The van der Waals surface area contributed by atoms with Gasteiger partial charge in [0.2, 0.25) is 0 Å². The topological polar surface area (TPSA) is 96.5 Å². The van der Waals surface area contributed by atoms with Crippen molar-refractivity contribution < 1.29 is 19.1 Å². The van der Waals surface area contributed by atoms with Gasteiger partial charge in [-0.1, -0.05) is 37.3 Å². The zero-order valence-corrected chi connectivity index (χ0v) is 16.2. The summed E-state index contributed by atoms with van der Waals surface area (Å²) in [7, 11) is 1.57. The van der Waals surface area contributed by atoms with Crippen LogP contribution in [0.25, 0.3) is 0 Å². The highest BCUT2D eigenvalue weighted by Crippen LogP contribution is 2.18. The smallest absolute Gasteiger partial charge is 0.313 e. The van der Waals surface area contributed by atoms with Crippen molar-refractivity contribution in [2.24, 2.45) is 0 Å². The molecule has 0 unspecified atom stereocenters. The number of hydrogen-bond donors (Lipinski definition) is 3. The summed E-state index contributed by atoms with van der Waals surface area (Å²) < 4.78 is 5.27. The Morgan fingerprint density at radius 2 is 1.68 bits per heavy atom. The molecular formula is C21H25N3O4. The van der Waals surface area contributed by atoms with Crippen molar-refractivity contribution in [2.45, 2.75) is 32.9 Å². The molecule has 3 amide bonds. The molecule has 0 saturated carbocycles. The number of para-hydroxylation sites is 2. The molecule has 0 spiro atoms. The van der Waals surface area contributed by atoms with E-state index in [2.05, 4.69) is 16.0 Å². The van der Waals surface area contributed by atoms with Gasteiger partial charge in [0.1, 0.15) is 5.75 Å². The number of rotatable bonds is 7. The summed E-state index contributed by atoms with van der Waals surface area (Å²) in [6.07, 6.45) is 0.709. The predicted molar refractivity (Wildman–Crippen MR) is 107 cm³/mol.